The number of rotatable bonds is 5. The van der Waals surface area contributed by atoms with E-state index in [0.29, 0.717) is 0 Å². The maximum absolute atomic E-state index is 12.0. The SMILES string of the molecule is COc1ccc(N)c(S(=O)(=O)CCCC(F)(F)F)c1. The van der Waals surface area contributed by atoms with Crippen LogP contribution in [-0.4, -0.2) is 27.5 Å². The summed E-state index contributed by atoms with van der Waals surface area (Å²) in [7, 11) is -2.50. The number of anilines is 1. The Bertz CT molecular complexity index is 541. The molecule has 0 heterocycles. The second kappa shape index (κ2) is 5.68. The van der Waals surface area contributed by atoms with Crippen LogP contribution in [0.15, 0.2) is 23.1 Å². The molecule has 0 aliphatic heterocycles. The van der Waals surface area contributed by atoms with Crippen LogP contribution in [0.5, 0.6) is 5.75 Å². The number of halogens is 3. The third-order valence-corrected chi connectivity index (χ3v) is 4.28. The lowest BCUT2D eigenvalue weighted by Gasteiger charge is -2.10. The number of alkyl halides is 3. The Morgan fingerprint density at radius 3 is 2.47 bits per heavy atom. The van der Waals surface area contributed by atoms with Gasteiger partial charge in [-0.15, -0.1) is 0 Å². The van der Waals surface area contributed by atoms with Gasteiger partial charge in [-0.25, -0.2) is 8.42 Å². The fraction of sp³-hybridized carbons (Fsp3) is 0.455. The predicted molar refractivity (Wildman–Crippen MR) is 64.7 cm³/mol. The first-order valence-corrected chi connectivity index (χ1v) is 7.04. The maximum atomic E-state index is 12.0. The average Bonchev–Trinajstić information content (AvgIpc) is 2.27. The highest BCUT2D eigenvalue weighted by atomic mass is 32.2. The summed E-state index contributed by atoms with van der Waals surface area (Å²) in [5.41, 5.74) is 5.52. The van der Waals surface area contributed by atoms with E-state index in [-0.39, 0.29) is 16.3 Å². The Hall–Kier alpha value is -1.44. The van der Waals surface area contributed by atoms with Crippen LogP contribution in [0.1, 0.15) is 12.8 Å². The molecule has 0 aliphatic carbocycles. The van der Waals surface area contributed by atoms with Gasteiger partial charge in [-0.1, -0.05) is 0 Å². The molecular weight excluding hydrogens is 283 g/mol. The smallest absolute Gasteiger partial charge is 0.389 e. The minimum absolute atomic E-state index is 0.00666. The van der Waals surface area contributed by atoms with Gasteiger partial charge in [0, 0.05) is 12.5 Å². The zero-order valence-corrected chi connectivity index (χ0v) is 11.0. The fourth-order valence-corrected chi connectivity index (χ4v) is 2.95. The third kappa shape index (κ3) is 4.62. The van der Waals surface area contributed by atoms with Crippen LogP contribution in [0.4, 0.5) is 18.9 Å². The van der Waals surface area contributed by atoms with E-state index in [4.69, 9.17) is 10.5 Å². The van der Waals surface area contributed by atoms with Crippen LogP contribution in [0.25, 0.3) is 0 Å². The second-order valence-corrected chi connectivity index (χ2v) is 6.02. The normalized spacial score (nSPS) is 12.4. The van der Waals surface area contributed by atoms with Crippen molar-refractivity contribution in [2.75, 3.05) is 18.6 Å². The molecule has 0 fully saturated rings. The van der Waals surface area contributed by atoms with Crippen LogP contribution in [0.2, 0.25) is 0 Å². The van der Waals surface area contributed by atoms with Crippen molar-refractivity contribution in [3.8, 4) is 5.75 Å². The van der Waals surface area contributed by atoms with Gasteiger partial charge >= 0.3 is 6.18 Å². The van der Waals surface area contributed by atoms with Crippen molar-refractivity contribution in [1.29, 1.82) is 0 Å². The summed E-state index contributed by atoms with van der Waals surface area (Å²) in [6.07, 6.45) is -6.01. The van der Waals surface area contributed by atoms with E-state index < -0.39 is 34.6 Å². The third-order valence-electron chi connectivity index (χ3n) is 2.43. The van der Waals surface area contributed by atoms with Crippen molar-refractivity contribution in [2.45, 2.75) is 23.9 Å². The molecule has 0 atom stereocenters. The molecule has 0 saturated carbocycles. The monoisotopic (exact) mass is 297 g/mol. The van der Waals surface area contributed by atoms with Gasteiger partial charge in [-0.05, 0) is 18.6 Å². The van der Waals surface area contributed by atoms with E-state index >= 15 is 0 Å². The number of ether oxygens (including phenoxy) is 1. The molecule has 0 spiro atoms. The van der Waals surface area contributed by atoms with E-state index in [1.807, 2.05) is 0 Å². The van der Waals surface area contributed by atoms with Crippen LogP contribution < -0.4 is 10.5 Å². The Morgan fingerprint density at radius 2 is 1.95 bits per heavy atom. The fourth-order valence-electron chi connectivity index (χ4n) is 1.48. The lowest BCUT2D eigenvalue weighted by Crippen LogP contribution is -2.14. The number of hydrogen-bond acceptors (Lipinski definition) is 4. The first kappa shape index (κ1) is 15.6. The van der Waals surface area contributed by atoms with Gasteiger partial charge in [0.05, 0.1) is 23.4 Å². The molecule has 0 unspecified atom stereocenters. The predicted octanol–water partition coefficient (Wildman–Crippen LogP) is 2.39. The molecule has 2 N–H and O–H groups in total. The number of methoxy groups -OCH3 is 1. The van der Waals surface area contributed by atoms with Crippen LogP contribution in [0.3, 0.4) is 0 Å². The van der Waals surface area contributed by atoms with Gasteiger partial charge < -0.3 is 10.5 Å². The zero-order chi connectivity index (χ0) is 14.7. The number of hydrogen-bond donors (Lipinski definition) is 1. The summed E-state index contributed by atoms with van der Waals surface area (Å²) in [6.45, 7) is 0. The molecule has 1 aromatic rings. The molecule has 0 saturated heterocycles. The van der Waals surface area contributed by atoms with E-state index in [2.05, 4.69) is 0 Å². The molecular formula is C11H14F3NO3S. The summed E-state index contributed by atoms with van der Waals surface area (Å²) >= 11 is 0. The van der Waals surface area contributed by atoms with Crippen molar-refractivity contribution in [2.24, 2.45) is 0 Å². The summed E-state index contributed by atoms with van der Waals surface area (Å²) in [5.74, 6) is -0.326. The first-order valence-electron chi connectivity index (χ1n) is 5.39. The van der Waals surface area contributed by atoms with Gasteiger partial charge in [-0.2, -0.15) is 13.2 Å². The summed E-state index contributed by atoms with van der Waals surface area (Å²) < 4.78 is 64.6. The number of benzene rings is 1. The van der Waals surface area contributed by atoms with Crippen molar-refractivity contribution < 1.29 is 26.3 Å². The molecule has 0 aromatic heterocycles. The molecule has 1 aromatic carbocycles. The maximum Gasteiger partial charge on any atom is 0.389 e. The number of nitrogens with two attached hydrogens (primary N) is 1. The van der Waals surface area contributed by atoms with E-state index in [1.54, 1.807) is 0 Å². The Labute approximate surface area is 109 Å². The van der Waals surface area contributed by atoms with E-state index in [9.17, 15) is 21.6 Å². The van der Waals surface area contributed by atoms with Gasteiger partial charge in [0.15, 0.2) is 9.84 Å². The average molecular weight is 297 g/mol. The summed E-state index contributed by atoms with van der Waals surface area (Å²) in [5, 5.41) is 0. The second-order valence-electron chi connectivity index (χ2n) is 3.94. The van der Waals surface area contributed by atoms with Crippen molar-refractivity contribution in [1.82, 2.24) is 0 Å². The van der Waals surface area contributed by atoms with Gasteiger partial charge in [0.25, 0.3) is 0 Å². The lowest BCUT2D eigenvalue weighted by atomic mass is 10.3. The summed E-state index contributed by atoms with van der Waals surface area (Å²) in [6, 6.07) is 4.03. The Morgan fingerprint density at radius 1 is 1.32 bits per heavy atom. The summed E-state index contributed by atoms with van der Waals surface area (Å²) in [4.78, 5) is -0.200. The Kier molecular flexibility index (Phi) is 4.67. The first-order chi connectivity index (χ1) is 8.65. The molecule has 19 heavy (non-hydrogen) atoms. The molecule has 0 aliphatic rings. The highest BCUT2D eigenvalue weighted by molar-refractivity contribution is 7.91. The van der Waals surface area contributed by atoms with Crippen molar-refractivity contribution in [3.05, 3.63) is 18.2 Å². The quantitative estimate of drug-likeness (QED) is 0.847. The molecule has 0 amide bonds. The molecule has 8 heteroatoms. The Balaban J connectivity index is 2.88. The van der Waals surface area contributed by atoms with Gasteiger partial charge in [0.1, 0.15) is 5.75 Å². The minimum Gasteiger partial charge on any atom is -0.497 e. The minimum atomic E-state index is -4.37. The van der Waals surface area contributed by atoms with Crippen LogP contribution in [-0.2, 0) is 9.84 Å². The van der Waals surface area contributed by atoms with E-state index in [1.165, 1.54) is 25.3 Å². The largest absolute Gasteiger partial charge is 0.497 e. The molecule has 1 rings (SSSR count). The van der Waals surface area contributed by atoms with Gasteiger partial charge in [-0.3, -0.25) is 0 Å². The lowest BCUT2D eigenvalue weighted by molar-refractivity contribution is -0.134. The highest BCUT2D eigenvalue weighted by Crippen LogP contribution is 2.27. The molecule has 0 radical (unpaired) electrons. The molecule has 0 bridgehead atoms. The van der Waals surface area contributed by atoms with Crippen molar-refractivity contribution in [3.63, 3.8) is 0 Å². The highest BCUT2D eigenvalue weighted by Gasteiger charge is 2.28. The standard InChI is InChI=1S/C11H14F3NO3S/c1-18-8-3-4-9(15)10(7-8)19(16,17)6-2-5-11(12,13)14/h3-4,7H,2,5-6,15H2,1H3. The molecule has 4 nitrogen and oxygen atoms in total. The molecule has 108 valence electrons. The zero-order valence-electron chi connectivity index (χ0n) is 10.2. The van der Waals surface area contributed by atoms with Gasteiger partial charge in [0.2, 0.25) is 0 Å². The van der Waals surface area contributed by atoms with E-state index in [0.717, 1.165) is 0 Å². The van der Waals surface area contributed by atoms with Crippen molar-refractivity contribution >= 4 is 15.5 Å². The van der Waals surface area contributed by atoms with Crippen LogP contribution in [0, 0.1) is 0 Å². The number of nitrogen functional groups attached to an aromatic ring is 1. The topological polar surface area (TPSA) is 69.4 Å². The number of sulfone groups is 1. The van der Waals surface area contributed by atoms with Crippen LogP contribution >= 0.6 is 0 Å².